The van der Waals surface area contributed by atoms with Crippen LogP contribution in [0.5, 0.6) is 0 Å². The Morgan fingerprint density at radius 2 is 1.78 bits per heavy atom. The highest BCUT2D eigenvalue weighted by Crippen LogP contribution is 2.46. The largest absolute Gasteiger partial charge is 0.354 e. The molecule has 0 bridgehead atoms. The van der Waals surface area contributed by atoms with Gasteiger partial charge < -0.3 is 10.1 Å². The molecule has 1 unspecified atom stereocenters. The Kier molecular flexibility index (Phi) is 6.79. The zero-order valence-corrected chi connectivity index (χ0v) is 19.9. The molecule has 0 radical (unpaired) electrons. The first-order valence-corrected chi connectivity index (χ1v) is 11.2. The predicted octanol–water partition coefficient (Wildman–Crippen LogP) is 3.85. The highest BCUT2D eigenvalue weighted by molar-refractivity contribution is 5.93. The van der Waals surface area contributed by atoms with Crippen LogP contribution in [0.4, 0.5) is 0 Å². The standard InChI is InChI=1S/C25H35N3O4/c1-24(2,3)13-19-18(25(4,5)6)12-20(32-19)28-15-17(22(30)27-23(28)31)21(29)26-14-16-10-8-7-9-11-16/h7-11,15,18-20H,12-14H2,1-6H3,(H,26,29)(H,27,30,31)/t18-,19?,20-/m1/s1. The van der Waals surface area contributed by atoms with Crippen LogP contribution in [-0.4, -0.2) is 21.6 Å². The number of nitrogens with zero attached hydrogens (tertiary/aromatic N) is 1. The van der Waals surface area contributed by atoms with Crippen molar-refractivity contribution >= 4 is 5.91 Å². The van der Waals surface area contributed by atoms with Crippen LogP contribution in [0.3, 0.4) is 0 Å². The van der Waals surface area contributed by atoms with Gasteiger partial charge in [0.05, 0.1) is 6.10 Å². The zero-order valence-electron chi connectivity index (χ0n) is 19.9. The monoisotopic (exact) mass is 441 g/mol. The van der Waals surface area contributed by atoms with Gasteiger partial charge in [-0.3, -0.25) is 19.1 Å². The number of hydrogen-bond acceptors (Lipinski definition) is 4. The van der Waals surface area contributed by atoms with Crippen LogP contribution in [0.1, 0.15) is 76.5 Å². The van der Waals surface area contributed by atoms with Crippen LogP contribution < -0.4 is 16.6 Å². The third-order valence-electron chi connectivity index (χ3n) is 5.98. The highest BCUT2D eigenvalue weighted by Gasteiger charge is 2.44. The molecule has 32 heavy (non-hydrogen) atoms. The van der Waals surface area contributed by atoms with E-state index in [1.54, 1.807) is 0 Å². The number of carbonyl (C=O) groups excluding carboxylic acids is 1. The third kappa shape index (κ3) is 5.76. The van der Waals surface area contributed by atoms with Crippen molar-refractivity contribution in [3.05, 3.63) is 68.5 Å². The van der Waals surface area contributed by atoms with Crippen LogP contribution in [0.25, 0.3) is 0 Å². The van der Waals surface area contributed by atoms with Crippen molar-refractivity contribution in [3.63, 3.8) is 0 Å². The first-order valence-electron chi connectivity index (χ1n) is 11.2. The second-order valence-electron chi connectivity index (χ2n) is 11.0. The fraction of sp³-hybridized carbons (Fsp3) is 0.560. The normalized spacial score (nSPS) is 21.5. The summed E-state index contributed by atoms with van der Waals surface area (Å²) in [4.78, 5) is 40.0. The molecular formula is C25H35N3O4. The smallest absolute Gasteiger partial charge is 0.330 e. The second-order valence-corrected chi connectivity index (χ2v) is 11.0. The Bertz CT molecular complexity index is 1060. The lowest BCUT2D eigenvalue weighted by Crippen LogP contribution is -2.38. The number of hydrogen-bond donors (Lipinski definition) is 2. The van der Waals surface area contributed by atoms with Gasteiger partial charge in [0.25, 0.3) is 11.5 Å². The van der Waals surface area contributed by atoms with Gasteiger partial charge in [0, 0.05) is 12.7 Å². The number of nitrogens with one attached hydrogen (secondary N) is 2. The van der Waals surface area contributed by atoms with E-state index >= 15 is 0 Å². The topological polar surface area (TPSA) is 93.2 Å². The summed E-state index contributed by atoms with van der Waals surface area (Å²) in [5, 5.41) is 2.75. The molecule has 1 saturated heterocycles. The molecule has 3 atom stereocenters. The molecule has 0 saturated carbocycles. The van der Waals surface area contributed by atoms with Crippen molar-refractivity contribution in [2.45, 2.75) is 73.3 Å². The van der Waals surface area contributed by atoms with Crippen molar-refractivity contribution in [1.29, 1.82) is 0 Å². The Morgan fingerprint density at radius 3 is 2.38 bits per heavy atom. The summed E-state index contributed by atoms with van der Waals surface area (Å²) in [7, 11) is 0. The van der Waals surface area contributed by atoms with Crippen molar-refractivity contribution < 1.29 is 9.53 Å². The van der Waals surface area contributed by atoms with Crippen LogP contribution in [0, 0.1) is 16.7 Å². The molecule has 1 aromatic heterocycles. The number of amides is 1. The van der Waals surface area contributed by atoms with Gasteiger partial charge in [-0.05, 0) is 35.2 Å². The van der Waals surface area contributed by atoms with Gasteiger partial charge in [-0.25, -0.2) is 4.79 Å². The minimum atomic E-state index is -0.701. The summed E-state index contributed by atoms with van der Waals surface area (Å²) in [6.45, 7) is 13.3. The average Bonchev–Trinajstić information content (AvgIpc) is 3.09. The maximum Gasteiger partial charge on any atom is 0.330 e. The predicted molar refractivity (Wildman–Crippen MR) is 124 cm³/mol. The van der Waals surface area contributed by atoms with Crippen LogP contribution in [0.15, 0.2) is 46.1 Å². The van der Waals surface area contributed by atoms with Gasteiger partial charge in [-0.15, -0.1) is 0 Å². The fourth-order valence-electron chi connectivity index (χ4n) is 4.34. The van der Waals surface area contributed by atoms with E-state index in [0.717, 1.165) is 12.0 Å². The minimum Gasteiger partial charge on any atom is -0.354 e. The lowest BCUT2D eigenvalue weighted by molar-refractivity contribution is -0.0342. The lowest BCUT2D eigenvalue weighted by Gasteiger charge is -2.33. The molecule has 174 valence electrons. The molecule has 1 aromatic carbocycles. The first-order chi connectivity index (χ1) is 14.8. The van der Waals surface area contributed by atoms with Crippen molar-refractivity contribution in [1.82, 2.24) is 14.9 Å². The Labute approximate surface area is 189 Å². The van der Waals surface area contributed by atoms with E-state index in [1.165, 1.54) is 10.8 Å². The number of carbonyl (C=O) groups is 1. The van der Waals surface area contributed by atoms with Gasteiger partial charge in [0.2, 0.25) is 0 Å². The first kappa shape index (κ1) is 24.0. The average molecular weight is 442 g/mol. The molecule has 0 spiro atoms. The van der Waals surface area contributed by atoms with Crippen LogP contribution in [-0.2, 0) is 11.3 Å². The van der Waals surface area contributed by atoms with E-state index in [4.69, 9.17) is 4.74 Å². The molecule has 2 N–H and O–H groups in total. The van der Waals surface area contributed by atoms with E-state index in [1.807, 2.05) is 30.3 Å². The van der Waals surface area contributed by atoms with Crippen molar-refractivity contribution in [3.8, 4) is 0 Å². The minimum absolute atomic E-state index is 0.00759. The van der Waals surface area contributed by atoms with E-state index in [-0.39, 0.29) is 35.0 Å². The molecular weight excluding hydrogens is 406 g/mol. The van der Waals surface area contributed by atoms with E-state index < -0.39 is 23.4 Å². The van der Waals surface area contributed by atoms with E-state index in [9.17, 15) is 14.4 Å². The lowest BCUT2D eigenvalue weighted by atomic mass is 9.73. The molecule has 3 rings (SSSR count). The number of H-pyrrole nitrogens is 1. The SMILES string of the molecule is CC(C)(C)CC1O[C@@H](n2cc(C(=O)NCc3ccccc3)c(=O)[nH]c2=O)C[C@H]1C(C)(C)C. The summed E-state index contributed by atoms with van der Waals surface area (Å²) in [6.07, 6.45) is 2.28. The summed E-state index contributed by atoms with van der Waals surface area (Å²) >= 11 is 0. The molecule has 1 fully saturated rings. The Morgan fingerprint density at radius 1 is 1.12 bits per heavy atom. The summed E-state index contributed by atoms with van der Waals surface area (Å²) in [5.41, 5.74) is -0.385. The van der Waals surface area contributed by atoms with E-state index in [0.29, 0.717) is 6.42 Å². The van der Waals surface area contributed by atoms with Crippen LogP contribution in [0.2, 0.25) is 0 Å². The van der Waals surface area contributed by atoms with Gasteiger partial charge in [-0.1, -0.05) is 71.9 Å². The highest BCUT2D eigenvalue weighted by atomic mass is 16.5. The Hall–Kier alpha value is -2.67. The molecule has 1 amide bonds. The van der Waals surface area contributed by atoms with Gasteiger partial charge in [0.15, 0.2) is 0 Å². The van der Waals surface area contributed by atoms with Gasteiger partial charge in [-0.2, -0.15) is 0 Å². The number of aromatic nitrogens is 2. The number of rotatable bonds is 5. The summed E-state index contributed by atoms with van der Waals surface area (Å²) in [5.74, 6) is -0.290. The van der Waals surface area contributed by atoms with Gasteiger partial charge >= 0.3 is 5.69 Å². The number of aromatic amines is 1. The van der Waals surface area contributed by atoms with Crippen LogP contribution >= 0.6 is 0 Å². The van der Waals surface area contributed by atoms with Crippen molar-refractivity contribution in [2.24, 2.45) is 16.7 Å². The third-order valence-corrected chi connectivity index (χ3v) is 5.98. The molecule has 2 heterocycles. The second kappa shape index (κ2) is 9.06. The molecule has 7 nitrogen and oxygen atoms in total. The molecule has 1 aliphatic heterocycles. The molecule has 2 aromatic rings. The van der Waals surface area contributed by atoms with Gasteiger partial charge in [0.1, 0.15) is 11.8 Å². The number of benzene rings is 1. The Balaban J connectivity index is 1.85. The molecule has 1 aliphatic rings. The summed E-state index contributed by atoms with van der Waals surface area (Å²) in [6, 6.07) is 9.43. The zero-order chi connectivity index (χ0) is 23.7. The van der Waals surface area contributed by atoms with E-state index in [2.05, 4.69) is 51.8 Å². The number of ether oxygens (including phenoxy) is 1. The molecule has 0 aliphatic carbocycles. The molecule has 7 heteroatoms. The quantitative estimate of drug-likeness (QED) is 0.737. The maximum absolute atomic E-state index is 12.7. The maximum atomic E-state index is 12.7. The summed E-state index contributed by atoms with van der Waals surface area (Å²) < 4.78 is 7.72. The van der Waals surface area contributed by atoms with Crippen molar-refractivity contribution in [2.75, 3.05) is 0 Å². The fourth-order valence-corrected chi connectivity index (χ4v) is 4.34.